The summed E-state index contributed by atoms with van der Waals surface area (Å²) < 4.78 is 0. The lowest BCUT2D eigenvalue weighted by Crippen LogP contribution is -2.45. The van der Waals surface area contributed by atoms with Crippen molar-refractivity contribution >= 4 is 12.0 Å². The molecule has 0 radical (unpaired) electrons. The Morgan fingerprint density at radius 2 is 2.00 bits per heavy atom. The van der Waals surface area contributed by atoms with E-state index in [1.165, 1.54) is 19.3 Å². The topological polar surface area (TPSA) is 69.6 Å². The van der Waals surface area contributed by atoms with Gasteiger partial charge in [-0.2, -0.15) is 0 Å². The normalized spacial score (nSPS) is 24.5. The molecule has 1 unspecified atom stereocenters. The summed E-state index contributed by atoms with van der Waals surface area (Å²) in [5, 5.41) is 11.7. The van der Waals surface area contributed by atoms with Gasteiger partial charge in [0.25, 0.3) is 0 Å². The Morgan fingerprint density at radius 3 is 2.59 bits per heavy atom. The fourth-order valence-corrected chi connectivity index (χ4v) is 2.55. The van der Waals surface area contributed by atoms with Crippen molar-refractivity contribution in [1.82, 2.24) is 10.2 Å². The van der Waals surface area contributed by atoms with Crippen LogP contribution in [0.3, 0.4) is 0 Å². The Bertz CT molecular complexity index is 302. The van der Waals surface area contributed by atoms with Crippen molar-refractivity contribution in [2.45, 2.75) is 44.6 Å². The predicted molar refractivity (Wildman–Crippen MR) is 62.7 cm³/mol. The van der Waals surface area contributed by atoms with E-state index in [-0.39, 0.29) is 18.5 Å². The van der Waals surface area contributed by atoms with Crippen molar-refractivity contribution in [3.05, 3.63) is 0 Å². The third-order valence-corrected chi connectivity index (χ3v) is 3.81. The summed E-state index contributed by atoms with van der Waals surface area (Å²) >= 11 is 0. The molecular formula is C12H20N2O3. The minimum absolute atomic E-state index is 0.0663. The van der Waals surface area contributed by atoms with Crippen LogP contribution in [0, 0.1) is 5.92 Å². The number of hydrogen-bond acceptors (Lipinski definition) is 2. The Morgan fingerprint density at radius 1 is 1.24 bits per heavy atom. The minimum Gasteiger partial charge on any atom is -0.481 e. The van der Waals surface area contributed by atoms with E-state index in [0.29, 0.717) is 12.5 Å². The van der Waals surface area contributed by atoms with Crippen LogP contribution in [0.15, 0.2) is 0 Å². The molecule has 1 atom stereocenters. The first kappa shape index (κ1) is 12.2. The van der Waals surface area contributed by atoms with Gasteiger partial charge in [-0.05, 0) is 31.6 Å². The van der Waals surface area contributed by atoms with E-state index in [4.69, 9.17) is 5.11 Å². The van der Waals surface area contributed by atoms with Gasteiger partial charge in [-0.25, -0.2) is 4.79 Å². The van der Waals surface area contributed by atoms with E-state index in [9.17, 15) is 9.59 Å². The summed E-state index contributed by atoms with van der Waals surface area (Å²) in [6, 6.07) is -0.199. The zero-order valence-corrected chi connectivity index (χ0v) is 10.0. The molecule has 1 heterocycles. The predicted octanol–water partition coefficient (Wildman–Crippen LogP) is 1.44. The SMILES string of the molecule is O=C(O)CC1CCCN1C(=O)NCC1CCC1. The second-order valence-corrected chi connectivity index (χ2v) is 5.07. The smallest absolute Gasteiger partial charge is 0.317 e. The summed E-state index contributed by atoms with van der Waals surface area (Å²) in [5.74, 6) is -0.187. The number of likely N-dealkylation sites (tertiary alicyclic amines) is 1. The first-order valence-corrected chi connectivity index (χ1v) is 6.43. The molecule has 0 bridgehead atoms. The fourth-order valence-electron chi connectivity index (χ4n) is 2.55. The molecule has 2 amide bonds. The van der Waals surface area contributed by atoms with Crippen molar-refractivity contribution in [3.63, 3.8) is 0 Å². The second kappa shape index (κ2) is 5.38. The van der Waals surface area contributed by atoms with Crippen molar-refractivity contribution < 1.29 is 14.7 Å². The Kier molecular flexibility index (Phi) is 3.86. The monoisotopic (exact) mass is 240 g/mol. The number of hydrogen-bond donors (Lipinski definition) is 2. The minimum atomic E-state index is -0.825. The second-order valence-electron chi connectivity index (χ2n) is 5.07. The molecule has 1 aliphatic heterocycles. The number of carbonyl (C=O) groups is 2. The third-order valence-electron chi connectivity index (χ3n) is 3.81. The van der Waals surface area contributed by atoms with Crippen LogP contribution in [0.25, 0.3) is 0 Å². The number of nitrogens with one attached hydrogen (secondary N) is 1. The summed E-state index contributed by atoms with van der Waals surface area (Å²) in [6.07, 6.45) is 5.47. The lowest BCUT2D eigenvalue weighted by Gasteiger charge is -2.28. The van der Waals surface area contributed by atoms with Crippen LogP contribution >= 0.6 is 0 Å². The van der Waals surface area contributed by atoms with E-state index in [1.807, 2.05) is 0 Å². The average molecular weight is 240 g/mol. The first-order chi connectivity index (χ1) is 8.16. The van der Waals surface area contributed by atoms with Gasteiger partial charge < -0.3 is 15.3 Å². The summed E-state index contributed by atoms with van der Waals surface area (Å²) in [7, 11) is 0. The molecule has 0 aromatic heterocycles. The number of rotatable bonds is 4. The maximum atomic E-state index is 11.9. The largest absolute Gasteiger partial charge is 0.481 e. The molecule has 0 aromatic rings. The number of carboxylic acid groups (broad SMARTS) is 1. The number of carbonyl (C=O) groups excluding carboxylic acids is 1. The molecule has 2 rings (SSSR count). The van der Waals surface area contributed by atoms with Gasteiger partial charge in [-0.3, -0.25) is 4.79 Å². The number of nitrogens with zero attached hydrogens (tertiary/aromatic N) is 1. The van der Waals surface area contributed by atoms with Crippen LogP contribution in [0.1, 0.15) is 38.5 Å². The first-order valence-electron chi connectivity index (χ1n) is 6.43. The van der Waals surface area contributed by atoms with Gasteiger partial charge in [0.2, 0.25) is 0 Å². The molecule has 1 aliphatic carbocycles. The van der Waals surface area contributed by atoms with E-state index in [2.05, 4.69) is 5.32 Å². The lowest BCUT2D eigenvalue weighted by molar-refractivity contribution is -0.137. The van der Waals surface area contributed by atoms with Gasteiger partial charge in [0, 0.05) is 19.1 Å². The highest BCUT2D eigenvalue weighted by Crippen LogP contribution is 2.25. The summed E-state index contributed by atoms with van der Waals surface area (Å²) in [4.78, 5) is 24.3. The zero-order valence-electron chi connectivity index (χ0n) is 10.0. The third kappa shape index (κ3) is 3.11. The number of carboxylic acids is 1. The Balaban J connectivity index is 1.77. The zero-order chi connectivity index (χ0) is 12.3. The molecular weight excluding hydrogens is 220 g/mol. The molecule has 1 saturated carbocycles. The van der Waals surface area contributed by atoms with E-state index >= 15 is 0 Å². The molecule has 5 heteroatoms. The van der Waals surface area contributed by atoms with Gasteiger partial charge in [0.05, 0.1) is 6.42 Å². The average Bonchev–Trinajstić information content (AvgIpc) is 2.62. The van der Waals surface area contributed by atoms with Crippen LogP contribution in [-0.2, 0) is 4.79 Å². The van der Waals surface area contributed by atoms with Crippen LogP contribution in [0.2, 0.25) is 0 Å². The fraction of sp³-hybridized carbons (Fsp3) is 0.833. The Hall–Kier alpha value is -1.26. The van der Waals surface area contributed by atoms with Crippen LogP contribution in [0.5, 0.6) is 0 Å². The highest BCUT2D eigenvalue weighted by Gasteiger charge is 2.30. The molecule has 2 aliphatic rings. The van der Waals surface area contributed by atoms with Crippen molar-refractivity contribution in [3.8, 4) is 0 Å². The number of aliphatic carboxylic acids is 1. The van der Waals surface area contributed by atoms with Gasteiger partial charge in [0.1, 0.15) is 0 Å². The lowest BCUT2D eigenvalue weighted by atomic mass is 9.85. The maximum absolute atomic E-state index is 11.9. The molecule has 5 nitrogen and oxygen atoms in total. The molecule has 17 heavy (non-hydrogen) atoms. The van der Waals surface area contributed by atoms with Gasteiger partial charge in [-0.15, -0.1) is 0 Å². The molecule has 2 N–H and O–H groups in total. The van der Waals surface area contributed by atoms with Crippen molar-refractivity contribution in [2.75, 3.05) is 13.1 Å². The highest BCUT2D eigenvalue weighted by molar-refractivity contribution is 5.76. The number of amides is 2. The Labute approximate surface area is 101 Å². The van der Waals surface area contributed by atoms with Gasteiger partial charge in [0.15, 0.2) is 0 Å². The summed E-state index contributed by atoms with van der Waals surface area (Å²) in [5.41, 5.74) is 0. The quantitative estimate of drug-likeness (QED) is 0.781. The molecule has 0 aromatic carbocycles. The molecule has 96 valence electrons. The van der Waals surface area contributed by atoms with Crippen molar-refractivity contribution in [2.24, 2.45) is 5.92 Å². The van der Waals surface area contributed by atoms with Crippen LogP contribution in [-0.4, -0.2) is 41.1 Å². The van der Waals surface area contributed by atoms with E-state index < -0.39 is 5.97 Å². The van der Waals surface area contributed by atoms with Crippen molar-refractivity contribution in [1.29, 1.82) is 0 Å². The van der Waals surface area contributed by atoms with Crippen LogP contribution in [0.4, 0.5) is 4.79 Å². The van der Waals surface area contributed by atoms with E-state index in [1.54, 1.807) is 4.90 Å². The summed E-state index contributed by atoms with van der Waals surface area (Å²) in [6.45, 7) is 1.43. The highest BCUT2D eigenvalue weighted by atomic mass is 16.4. The van der Waals surface area contributed by atoms with Gasteiger partial charge in [-0.1, -0.05) is 6.42 Å². The standard InChI is InChI=1S/C12H20N2O3/c15-11(16)7-10-5-2-6-14(10)12(17)13-8-9-3-1-4-9/h9-10H,1-8H2,(H,13,17)(H,15,16). The molecule has 2 fully saturated rings. The van der Waals surface area contributed by atoms with E-state index in [0.717, 1.165) is 19.4 Å². The van der Waals surface area contributed by atoms with Crippen LogP contribution < -0.4 is 5.32 Å². The molecule has 0 spiro atoms. The molecule has 1 saturated heterocycles. The number of urea groups is 1. The van der Waals surface area contributed by atoms with Gasteiger partial charge >= 0.3 is 12.0 Å². The maximum Gasteiger partial charge on any atom is 0.317 e.